The normalized spacial score (nSPS) is 19.5. The third kappa shape index (κ3) is 4.58. The molecule has 1 amide bonds. The van der Waals surface area contributed by atoms with Crippen molar-refractivity contribution in [3.8, 4) is 0 Å². The van der Waals surface area contributed by atoms with Crippen LogP contribution >= 0.6 is 0 Å². The Morgan fingerprint density at radius 2 is 1.86 bits per heavy atom. The number of nitrogens with zero attached hydrogens (tertiary/aromatic N) is 3. The van der Waals surface area contributed by atoms with Crippen molar-refractivity contribution in [2.45, 2.75) is 25.9 Å². The van der Waals surface area contributed by atoms with Crippen molar-refractivity contribution in [1.29, 1.82) is 0 Å². The lowest BCUT2D eigenvalue weighted by Gasteiger charge is -2.27. The molecule has 4 rings (SSSR count). The molecule has 0 saturated carbocycles. The summed E-state index contributed by atoms with van der Waals surface area (Å²) in [5, 5.41) is 6.21. The first kappa shape index (κ1) is 18.6. The van der Waals surface area contributed by atoms with Crippen LogP contribution in [0.4, 0.5) is 23.1 Å². The zero-order chi connectivity index (χ0) is 19.3. The minimum Gasteiger partial charge on any atom is -0.378 e. The quantitative estimate of drug-likeness (QED) is 0.820. The minimum atomic E-state index is -0.333. The summed E-state index contributed by atoms with van der Waals surface area (Å²) in [6, 6.07) is 9.48. The highest BCUT2D eigenvalue weighted by Crippen LogP contribution is 2.21. The van der Waals surface area contributed by atoms with Crippen LogP contribution in [-0.4, -0.2) is 54.9 Å². The Hall–Kier alpha value is -2.71. The molecular weight excluding hydrogens is 358 g/mol. The fourth-order valence-electron chi connectivity index (χ4n) is 3.31. The number of amides is 1. The molecule has 2 saturated heterocycles. The van der Waals surface area contributed by atoms with Crippen LogP contribution in [0.15, 0.2) is 30.3 Å². The number of aryl methyl sites for hydroxylation is 1. The van der Waals surface area contributed by atoms with E-state index in [1.165, 1.54) is 0 Å². The van der Waals surface area contributed by atoms with Crippen molar-refractivity contribution in [2.24, 2.45) is 0 Å². The molecule has 2 aliphatic rings. The molecule has 0 radical (unpaired) electrons. The van der Waals surface area contributed by atoms with E-state index < -0.39 is 0 Å². The number of benzene rings is 1. The van der Waals surface area contributed by atoms with E-state index in [0.717, 1.165) is 48.8 Å². The van der Waals surface area contributed by atoms with Gasteiger partial charge in [-0.3, -0.25) is 4.79 Å². The summed E-state index contributed by atoms with van der Waals surface area (Å²) < 4.78 is 10.8. The third-order valence-electron chi connectivity index (χ3n) is 4.78. The second-order valence-electron chi connectivity index (χ2n) is 6.99. The average molecular weight is 383 g/mol. The Morgan fingerprint density at radius 3 is 2.57 bits per heavy atom. The van der Waals surface area contributed by atoms with Gasteiger partial charge in [-0.1, -0.05) is 0 Å². The number of anilines is 4. The molecule has 28 heavy (non-hydrogen) atoms. The van der Waals surface area contributed by atoms with Crippen LogP contribution in [-0.2, 0) is 14.3 Å². The molecule has 2 fully saturated rings. The molecule has 2 aliphatic heterocycles. The van der Waals surface area contributed by atoms with Gasteiger partial charge in [0, 0.05) is 42.8 Å². The Kier molecular flexibility index (Phi) is 5.68. The number of hydrogen-bond acceptors (Lipinski definition) is 7. The molecule has 2 N–H and O–H groups in total. The van der Waals surface area contributed by atoms with E-state index in [1.54, 1.807) is 0 Å². The van der Waals surface area contributed by atoms with E-state index in [-0.39, 0.29) is 12.0 Å². The van der Waals surface area contributed by atoms with Gasteiger partial charge in [-0.25, -0.2) is 4.98 Å². The van der Waals surface area contributed by atoms with E-state index in [2.05, 4.69) is 25.5 Å². The van der Waals surface area contributed by atoms with E-state index in [0.29, 0.717) is 25.8 Å². The molecule has 8 heteroatoms. The second kappa shape index (κ2) is 8.53. The molecule has 1 unspecified atom stereocenters. The van der Waals surface area contributed by atoms with Crippen molar-refractivity contribution in [3.05, 3.63) is 36.0 Å². The average Bonchev–Trinajstić information content (AvgIpc) is 3.25. The molecule has 1 aromatic carbocycles. The first-order chi connectivity index (χ1) is 13.7. The van der Waals surface area contributed by atoms with Crippen molar-refractivity contribution < 1.29 is 14.3 Å². The molecule has 3 heterocycles. The van der Waals surface area contributed by atoms with Gasteiger partial charge in [-0.05, 0) is 44.0 Å². The predicted molar refractivity (Wildman–Crippen MR) is 107 cm³/mol. The number of carbonyl (C=O) groups excluding carboxylic acids is 1. The van der Waals surface area contributed by atoms with E-state index in [4.69, 9.17) is 9.47 Å². The van der Waals surface area contributed by atoms with Gasteiger partial charge in [0.15, 0.2) is 0 Å². The number of aromatic nitrogens is 2. The highest BCUT2D eigenvalue weighted by Gasteiger charge is 2.23. The second-order valence-corrected chi connectivity index (χ2v) is 6.99. The van der Waals surface area contributed by atoms with Gasteiger partial charge < -0.3 is 25.0 Å². The molecule has 1 aromatic heterocycles. The zero-order valence-corrected chi connectivity index (χ0v) is 16.0. The smallest absolute Gasteiger partial charge is 0.253 e. The van der Waals surface area contributed by atoms with Gasteiger partial charge in [-0.15, -0.1) is 0 Å². The monoisotopic (exact) mass is 383 g/mol. The summed E-state index contributed by atoms with van der Waals surface area (Å²) in [6.45, 7) is 5.59. The summed E-state index contributed by atoms with van der Waals surface area (Å²) in [7, 11) is 0. The van der Waals surface area contributed by atoms with E-state index in [1.807, 2.05) is 37.3 Å². The lowest BCUT2D eigenvalue weighted by Crippen LogP contribution is -2.37. The molecule has 148 valence electrons. The Morgan fingerprint density at radius 1 is 1.11 bits per heavy atom. The summed E-state index contributed by atoms with van der Waals surface area (Å²) in [5.74, 6) is 1.37. The lowest BCUT2D eigenvalue weighted by atomic mass is 10.2. The Labute approximate surface area is 164 Å². The lowest BCUT2D eigenvalue weighted by molar-refractivity contribution is -0.124. The van der Waals surface area contributed by atoms with Gasteiger partial charge in [0.2, 0.25) is 5.95 Å². The van der Waals surface area contributed by atoms with Crippen LogP contribution in [0.25, 0.3) is 0 Å². The minimum absolute atomic E-state index is 0.0835. The van der Waals surface area contributed by atoms with Gasteiger partial charge in [0.05, 0.1) is 13.2 Å². The standard InChI is InChI=1S/C20H25N5O3/c1-14-13-18(24-20(21-14)25-8-11-27-12-9-25)22-15-4-6-16(7-5-15)23-19(26)17-3-2-10-28-17/h4-7,13,17H,2-3,8-12H2,1H3,(H,23,26)(H,21,22,24). The highest BCUT2D eigenvalue weighted by molar-refractivity contribution is 5.94. The summed E-state index contributed by atoms with van der Waals surface area (Å²) in [6.07, 6.45) is 1.39. The molecule has 1 atom stereocenters. The van der Waals surface area contributed by atoms with Crippen LogP contribution in [0.1, 0.15) is 18.5 Å². The SMILES string of the molecule is Cc1cc(Nc2ccc(NC(=O)C3CCCO3)cc2)nc(N2CCOCC2)n1. The largest absolute Gasteiger partial charge is 0.378 e. The Balaban J connectivity index is 1.41. The van der Waals surface area contributed by atoms with Crippen LogP contribution in [0, 0.1) is 6.92 Å². The first-order valence-electron chi connectivity index (χ1n) is 9.65. The molecule has 8 nitrogen and oxygen atoms in total. The maximum Gasteiger partial charge on any atom is 0.253 e. The van der Waals surface area contributed by atoms with Crippen molar-refractivity contribution in [2.75, 3.05) is 48.4 Å². The molecule has 2 aromatic rings. The highest BCUT2D eigenvalue weighted by atomic mass is 16.5. The fraction of sp³-hybridized carbons (Fsp3) is 0.450. The molecular formula is C20H25N5O3. The van der Waals surface area contributed by atoms with Crippen LogP contribution in [0.5, 0.6) is 0 Å². The van der Waals surface area contributed by atoms with Crippen LogP contribution in [0.2, 0.25) is 0 Å². The van der Waals surface area contributed by atoms with Gasteiger partial charge >= 0.3 is 0 Å². The van der Waals surface area contributed by atoms with Crippen molar-refractivity contribution in [1.82, 2.24) is 9.97 Å². The maximum absolute atomic E-state index is 12.1. The van der Waals surface area contributed by atoms with E-state index in [9.17, 15) is 4.79 Å². The maximum atomic E-state index is 12.1. The molecule has 0 bridgehead atoms. The zero-order valence-electron chi connectivity index (χ0n) is 16.0. The predicted octanol–water partition coefficient (Wildman–Crippen LogP) is 2.48. The topological polar surface area (TPSA) is 88.6 Å². The van der Waals surface area contributed by atoms with Crippen LogP contribution in [0.3, 0.4) is 0 Å². The number of carbonyl (C=O) groups is 1. The summed E-state index contributed by atoms with van der Waals surface area (Å²) in [5.41, 5.74) is 2.54. The third-order valence-corrected chi connectivity index (χ3v) is 4.78. The number of ether oxygens (including phenoxy) is 2. The van der Waals surface area contributed by atoms with Crippen LogP contribution < -0.4 is 15.5 Å². The van der Waals surface area contributed by atoms with Gasteiger partial charge in [0.1, 0.15) is 11.9 Å². The summed E-state index contributed by atoms with van der Waals surface area (Å²) >= 11 is 0. The Bertz CT molecular complexity index is 815. The molecule has 0 aliphatic carbocycles. The first-order valence-corrected chi connectivity index (χ1v) is 9.65. The summed E-state index contributed by atoms with van der Waals surface area (Å²) in [4.78, 5) is 23.4. The van der Waals surface area contributed by atoms with Crippen molar-refractivity contribution >= 4 is 29.0 Å². The fourth-order valence-corrected chi connectivity index (χ4v) is 3.31. The van der Waals surface area contributed by atoms with Gasteiger partial charge in [0.25, 0.3) is 5.91 Å². The van der Waals surface area contributed by atoms with Gasteiger partial charge in [-0.2, -0.15) is 4.98 Å². The molecule has 0 spiro atoms. The number of morpholine rings is 1. The number of hydrogen-bond donors (Lipinski definition) is 2. The number of rotatable bonds is 5. The number of nitrogens with one attached hydrogen (secondary N) is 2. The van der Waals surface area contributed by atoms with Crippen molar-refractivity contribution in [3.63, 3.8) is 0 Å². The van der Waals surface area contributed by atoms with E-state index >= 15 is 0 Å².